The van der Waals surface area contributed by atoms with E-state index in [1.807, 2.05) is 32.9 Å². The molecule has 3 aromatic rings. The SMILES string of the molecule is CCOc1ccc(NC(=O)CNC(=O)Cc2coc3cc(C)c(C)cc23)cc1. The zero-order valence-electron chi connectivity index (χ0n) is 16.3. The maximum absolute atomic E-state index is 12.2. The summed E-state index contributed by atoms with van der Waals surface area (Å²) in [7, 11) is 0. The zero-order chi connectivity index (χ0) is 20.1. The highest BCUT2D eigenvalue weighted by atomic mass is 16.5. The molecule has 0 fully saturated rings. The van der Waals surface area contributed by atoms with Gasteiger partial charge in [-0.1, -0.05) is 0 Å². The van der Waals surface area contributed by atoms with Crippen LogP contribution in [0.3, 0.4) is 0 Å². The first-order chi connectivity index (χ1) is 13.5. The summed E-state index contributed by atoms with van der Waals surface area (Å²) in [4.78, 5) is 24.3. The number of amides is 2. The molecule has 0 saturated carbocycles. The highest BCUT2D eigenvalue weighted by molar-refractivity contribution is 5.95. The van der Waals surface area contributed by atoms with Crippen LogP contribution in [0.4, 0.5) is 5.69 Å². The average Bonchev–Trinajstić information content (AvgIpc) is 3.04. The first-order valence-electron chi connectivity index (χ1n) is 9.23. The molecule has 0 saturated heterocycles. The molecule has 2 N–H and O–H groups in total. The minimum Gasteiger partial charge on any atom is -0.494 e. The van der Waals surface area contributed by atoms with Crippen molar-refractivity contribution < 1.29 is 18.7 Å². The lowest BCUT2D eigenvalue weighted by Gasteiger charge is -2.08. The Morgan fingerprint density at radius 3 is 2.46 bits per heavy atom. The van der Waals surface area contributed by atoms with E-state index in [-0.39, 0.29) is 24.8 Å². The number of nitrogens with one attached hydrogen (secondary N) is 2. The topological polar surface area (TPSA) is 80.6 Å². The quantitative estimate of drug-likeness (QED) is 0.654. The molecule has 1 heterocycles. The number of hydrogen-bond donors (Lipinski definition) is 2. The fourth-order valence-corrected chi connectivity index (χ4v) is 2.89. The Hall–Kier alpha value is -3.28. The van der Waals surface area contributed by atoms with Gasteiger partial charge in [0.1, 0.15) is 11.3 Å². The first-order valence-corrected chi connectivity index (χ1v) is 9.23. The molecule has 0 spiro atoms. The van der Waals surface area contributed by atoms with E-state index < -0.39 is 0 Å². The van der Waals surface area contributed by atoms with Crippen LogP contribution in [0, 0.1) is 13.8 Å². The van der Waals surface area contributed by atoms with Crippen molar-refractivity contribution in [2.75, 3.05) is 18.5 Å². The van der Waals surface area contributed by atoms with E-state index in [1.54, 1.807) is 30.5 Å². The van der Waals surface area contributed by atoms with Crippen molar-refractivity contribution in [2.24, 2.45) is 0 Å². The Morgan fingerprint density at radius 1 is 1.04 bits per heavy atom. The highest BCUT2D eigenvalue weighted by Crippen LogP contribution is 2.25. The Kier molecular flexibility index (Phi) is 5.99. The molecule has 0 atom stereocenters. The lowest BCUT2D eigenvalue weighted by atomic mass is 10.0. The molecule has 3 rings (SSSR count). The van der Waals surface area contributed by atoms with E-state index in [4.69, 9.17) is 9.15 Å². The van der Waals surface area contributed by atoms with Gasteiger partial charge < -0.3 is 19.8 Å². The van der Waals surface area contributed by atoms with Gasteiger partial charge in [-0.3, -0.25) is 9.59 Å². The Morgan fingerprint density at radius 2 is 1.75 bits per heavy atom. The second kappa shape index (κ2) is 8.61. The lowest BCUT2D eigenvalue weighted by molar-refractivity contribution is -0.123. The molecular weight excluding hydrogens is 356 g/mol. The number of hydrogen-bond acceptors (Lipinski definition) is 4. The summed E-state index contributed by atoms with van der Waals surface area (Å²) in [5.41, 5.74) is 4.50. The number of benzene rings is 2. The predicted molar refractivity (Wildman–Crippen MR) is 109 cm³/mol. The number of ether oxygens (including phenoxy) is 1. The van der Waals surface area contributed by atoms with Crippen LogP contribution in [0.5, 0.6) is 5.75 Å². The van der Waals surface area contributed by atoms with E-state index in [1.165, 1.54) is 0 Å². The normalized spacial score (nSPS) is 10.7. The third-order valence-electron chi connectivity index (χ3n) is 4.52. The second-order valence-electron chi connectivity index (χ2n) is 6.65. The molecule has 0 radical (unpaired) electrons. The molecule has 0 aliphatic heterocycles. The van der Waals surface area contributed by atoms with Crippen molar-refractivity contribution in [3.05, 3.63) is 59.4 Å². The van der Waals surface area contributed by atoms with Gasteiger partial charge in [0.2, 0.25) is 11.8 Å². The number of furan rings is 1. The van der Waals surface area contributed by atoms with Crippen molar-refractivity contribution in [1.29, 1.82) is 0 Å². The first kappa shape index (κ1) is 19.5. The second-order valence-corrected chi connectivity index (χ2v) is 6.65. The summed E-state index contributed by atoms with van der Waals surface area (Å²) in [5, 5.41) is 6.31. The summed E-state index contributed by atoms with van der Waals surface area (Å²) in [5.74, 6) is 0.218. The van der Waals surface area contributed by atoms with E-state index in [0.717, 1.165) is 33.4 Å². The zero-order valence-corrected chi connectivity index (χ0v) is 16.3. The maximum atomic E-state index is 12.2. The lowest BCUT2D eigenvalue weighted by Crippen LogP contribution is -2.33. The minimum atomic E-state index is -0.291. The van der Waals surface area contributed by atoms with Crippen molar-refractivity contribution in [3.63, 3.8) is 0 Å². The monoisotopic (exact) mass is 380 g/mol. The average molecular weight is 380 g/mol. The molecule has 2 amide bonds. The Balaban J connectivity index is 1.52. The molecule has 6 nitrogen and oxygen atoms in total. The van der Waals surface area contributed by atoms with Crippen LogP contribution in [-0.4, -0.2) is 25.0 Å². The third-order valence-corrected chi connectivity index (χ3v) is 4.52. The van der Waals surface area contributed by atoms with Gasteiger partial charge >= 0.3 is 0 Å². The summed E-state index contributed by atoms with van der Waals surface area (Å²) in [6.07, 6.45) is 1.76. The molecular formula is C22H24N2O4. The van der Waals surface area contributed by atoms with Crippen molar-refractivity contribution in [3.8, 4) is 5.75 Å². The number of anilines is 1. The molecule has 146 valence electrons. The smallest absolute Gasteiger partial charge is 0.243 e. The standard InChI is InChI=1S/C22H24N2O4/c1-4-27-18-7-5-17(6-8-18)24-22(26)12-23-21(25)11-16-13-28-20-10-15(3)14(2)9-19(16)20/h5-10,13H,4,11-12H2,1-3H3,(H,23,25)(H,24,26). The highest BCUT2D eigenvalue weighted by Gasteiger charge is 2.13. The van der Waals surface area contributed by atoms with Crippen molar-refractivity contribution >= 4 is 28.5 Å². The van der Waals surface area contributed by atoms with Gasteiger partial charge in [-0.15, -0.1) is 0 Å². The van der Waals surface area contributed by atoms with Crippen LogP contribution < -0.4 is 15.4 Å². The largest absolute Gasteiger partial charge is 0.494 e. The number of fused-ring (bicyclic) bond motifs is 1. The van der Waals surface area contributed by atoms with Gasteiger partial charge in [0.25, 0.3) is 0 Å². The van der Waals surface area contributed by atoms with Crippen LogP contribution in [0.2, 0.25) is 0 Å². The minimum absolute atomic E-state index is 0.0973. The van der Waals surface area contributed by atoms with Crippen LogP contribution in [0.25, 0.3) is 11.0 Å². The van der Waals surface area contributed by atoms with Gasteiger partial charge in [-0.05, 0) is 68.3 Å². The fourth-order valence-electron chi connectivity index (χ4n) is 2.89. The number of carbonyl (C=O) groups excluding carboxylic acids is 2. The number of rotatable bonds is 7. The molecule has 0 bridgehead atoms. The summed E-state index contributed by atoms with van der Waals surface area (Å²) in [6, 6.07) is 11.1. The van der Waals surface area contributed by atoms with E-state index in [2.05, 4.69) is 10.6 Å². The Labute approximate surface area is 163 Å². The predicted octanol–water partition coefficient (Wildman–Crippen LogP) is 3.75. The third kappa shape index (κ3) is 4.71. The van der Waals surface area contributed by atoms with E-state index in [0.29, 0.717) is 12.3 Å². The molecule has 28 heavy (non-hydrogen) atoms. The fraction of sp³-hybridized carbons (Fsp3) is 0.273. The van der Waals surface area contributed by atoms with Gasteiger partial charge in [-0.2, -0.15) is 0 Å². The molecule has 6 heteroatoms. The number of carbonyl (C=O) groups is 2. The number of aryl methyl sites for hydroxylation is 2. The summed E-state index contributed by atoms with van der Waals surface area (Å²) in [6.45, 7) is 6.44. The van der Waals surface area contributed by atoms with Crippen LogP contribution >= 0.6 is 0 Å². The summed E-state index contributed by atoms with van der Waals surface area (Å²) >= 11 is 0. The van der Waals surface area contributed by atoms with Gasteiger partial charge in [0, 0.05) is 16.6 Å². The Bertz CT molecular complexity index is 990. The van der Waals surface area contributed by atoms with Crippen LogP contribution in [0.1, 0.15) is 23.6 Å². The molecule has 0 aliphatic carbocycles. The van der Waals surface area contributed by atoms with E-state index >= 15 is 0 Å². The summed E-state index contributed by atoms with van der Waals surface area (Å²) < 4.78 is 10.9. The van der Waals surface area contributed by atoms with Gasteiger partial charge in [0.05, 0.1) is 25.8 Å². The van der Waals surface area contributed by atoms with Crippen molar-refractivity contribution in [1.82, 2.24) is 5.32 Å². The van der Waals surface area contributed by atoms with Gasteiger partial charge in [0.15, 0.2) is 0 Å². The maximum Gasteiger partial charge on any atom is 0.243 e. The van der Waals surface area contributed by atoms with Crippen LogP contribution in [0.15, 0.2) is 47.1 Å². The van der Waals surface area contributed by atoms with Gasteiger partial charge in [-0.25, -0.2) is 0 Å². The molecule has 2 aromatic carbocycles. The van der Waals surface area contributed by atoms with E-state index in [9.17, 15) is 9.59 Å². The van der Waals surface area contributed by atoms with Crippen LogP contribution in [-0.2, 0) is 16.0 Å². The molecule has 0 unspecified atom stereocenters. The molecule has 0 aliphatic rings. The van der Waals surface area contributed by atoms with Crippen molar-refractivity contribution in [2.45, 2.75) is 27.2 Å². The molecule has 1 aromatic heterocycles.